The number of fused-ring (bicyclic) bond motifs is 1. The predicted octanol–water partition coefficient (Wildman–Crippen LogP) is 5.14. The molecular formula is C36H40IN3O9. The molecule has 0 unspecified atom stereocenters. The first kappa shape index (κ1) is 36.9. The number of hydrogen-bond donors (Lipinski definition) is 3. The SMILES string of the molecule is COC(=O)[C@H](C)NC(=O)[C@H](Cc1ccc(O/C(=C\I2OC(=O)c3ccccc32)c2ccccc2)cc1)NC(=O)[C@H](C)NC(=O)OC(C)(C)C. The first-order valence-electron chi connectivity index (χ1n) is 15.5. The van der Waals surface area contributed by atoms with Crippen LogP contribution < -0.4 is 20.7 Å². The fourth-order valence-electron chi connectivity index (χ4n) is 4.53. The van der Waals surface area contributed by atoms with E-state index in [1.807, 2.05) is 46.5 Å². The molecule has 3 atom stereocenters. The molecule has 3 aromatic rings. The topological polar surface area (TPSA) is 158 Å². The van der Waals surface area contributed by atoms with Crippen LogP contribution in [0.5, 0.6) is 5.75 Å². The van der Waals surface area contributed by atoms with E-state index in [0.29, 0.717) is 22.6 Å². The van der Waals surface area contributed by atoms with Gasteiger partial charge >= 0.3 is 222 Å². The number of carbonyl (C=O) groups is 5. The predicted molar refractivity (Wildman–Crippen MR) is 190 cm³/mol. The van der Waals surface area contributed by atoms with Gasteiger partial charge in [0.15, 0.2) is 0 Å². The smallest absolute Gasteiger partial charge is 0.444 e. The third kappa shape index (κ3) is 10.5. The summed E-state index contributed by atoms with van der Waals surface area (Å²) in [7, 11) is 1.21. The molecule has 4 rings (SSSR count). The molecule has 1 aliphatic heterocycles. The van der Waals surface area contributed by atoms with Gasteiger partial charge in [-0.15, -0.1) is 0 Å². The molecule has 49 heavy (non-hydrogen) atoms. The van der Waals surface area contributed by atoms with Crippen molar-refractivity contribution in [2.45, 2.75) is 64.8 Å². The molecule has 0 saturated carbocycles. The Balaban J connectivity index is 1.52. The van der Waals surface area contributed by atoms with Gasteiger partial charge in [-0.25, -0.2) is 9.59 Å². The molecule has 1 aliphatic rings. The number of amides is 3. The molecule has 0 fully saturated rings. The van der Waals surface area contributed by atoms with Crippen LogP contribution >= 0.6 is 20.2 Å². The van der Waals surface area contributed by atoms with Crippen molar-refractivity contribution in [1.82, 2.24) is 16.0 Å². The van der Waals surface area contributed by atoms with E-state index in [1.54, 1.807) is 57.2 Å². The third-order valence-electron chi connectivity index (χ3n) is 6.97. The average Bonchev–Trinajstić information content (AvgIpc) is 3.38. The van der Waals surface area contributed by atoms with Gasteiger partial charge in [0.1, 0.15) is 5.60 Å². The first-order valence-corrected chi connectivity index (χ1v) is 18.7. The van der Waals surface area contributed by atoms with E-state index in [-0.39, 0.29) is 12.4 Å². The number of nitrogens with one attached hydrogen (secondary N) is 3. The number of esters is 1. The summed E-state index contributed by atoms with van der Waals surface area (Å²) in [5.41, 5.74) is 1.28. The van der Waals surface area contributed by atoms with Crippen molar-refractivity contribution in [1.29, 1.82) is 0 Å². The number of rotatable bonds is 12. The maximum atomic E-state index is 13.3. The fourth-order valence-corrected chi connectivity index (χ4v) is 8.43. The number of hydrogen-bond acceptors (Lipinski definition) is 9. The van der Waals surface area contributed by atoms with E-state index in [9.17, 15) is 24.0 Å². The molecule has 3 amide bonds. The Morgan fingerprint density at radius 2 is 1.49 bits per heavy atom. The van der Waals surface area contributed by atoms with Gasteiger partial charge in [0.05, 0.1) is 7.11 Å². The van der Waals surface area contributed by atoms with E-state index < -0.39 is 67.8 Å². The molecule has 0 aromatic heterocycles. The van der Waals surface area contributed by atoms with Crippen LogP contribution in [0.25, 0.3) is 5.76 Å². The number of halogens is 1. The van der Waals surface area contributed by atoms with Crippen molar-refractivity contribution in [3.8, 4) is 5.75 Å². The van der Waals surface area contributed by atoms with Crippen LogP contribution in [0.3, 0.4) is 0 Å². The van der Waals surface area contributed by atoms with Crippen molar-refractivity contribution >= 4 is 55.8 Å². The summed E-state index contributed by atoms with van der Waals surface area (Å²) in [5, 5.41) is 7.69. The van der Waals surface area contributed by atoms with Gasteiger partial charge in [0.25, 0.3) is 0 Å². The molecule has 0 aliphatic carbocycles. The number of ether oxygens (including phenoxy) is 3. The molecule has 0 spiro atoms. The second-order valence-electron chi connectivity index (χ2n) is 12.1. The Morgan fingerprint density at radius 1 is 0.837 bits per heavy atom. The minimum atomic E-state index is -2.51. The second kappa shape index (κ2) is 16.5. The normalized spacial score (nSPS) is 15.1. The Bertz CT molecular complexity index is 1700. The van der Waals surface area contributed by atoms with Crippen molar-refractivity contribution in [3.05, 3.63) is 103 Å². The van der Waals surface area contributed by atoms with E-state index >= 15 is 0 Å². The fraction of sp³-hybridized carbons (Fsp3) is 0.306. The molecule has 0 bridgehead atoms. The molecule has 0 saturated heterocycles. The van der Waals surface area contributed by atoms with Gasteiger partial charge in [-0.1, -0.05) is 0 Å². The molecule has 3 N–H and O–H groups in total. The van der Waals surface area contributed by atoms with Crippen LogP contribution in [-0.4, -0.2) is 60.7 Å². The zero-order valence-corrected chi connectivity index (χ0v) is 30.2. The monoisotopic (exact) mass is 785 g/mol. The van der Waals surface area contributed by atoms with Crippen molar-refractivity contribution < 1.29 is 41.2 Å². The van der Waals surface area contributed by atoms with Gasteiger partial charge in [0.2, 0.25) is 0 Å². The van der Waals surface area contributed by atoms with E-state index in [4.69, 9.17) is 17.3 Å². The molecule has 1 heterocycles. The molecule has 13 heteroatoms. The van der Waals surface area contributed by atoms with Crippen LogP contribution in [0.1, 0.15) is 56.1 Å². The number of alkyl carbamates (subject to hydrolysis) is 1. The zero-order chi connectivity index (χ0) is 35.7. The maximum absolute atomic E-state index is 13.3. The summed E-state index contributed by atoms with van der Waals surface area (Å²) in [6, 6.07) is 20.7. The zero-order valence-electron chi connectivity index (χ0n) is 28.1. The van der Waals surface area contributed by atoms with E-state index in [0.717, 1.165) is 9.13 Å². The quantitative estimate of drug-likeness (QED) is 0.129. The van der Waals surface area contributed by atoms with Crippen molar-refractivity contribution in [2.75, 3.05) is 7.11 Å². The van der Waals surface area contributed by atoms with Crippen LogP contribution in [0.4, 0.5) is 4.79 Å². The van der Waals surface area contributed by atoms with Crippen molar-refractivity contribution in [3.63, 3.8) is 0 Å². The Kier molecular flexibility index (Phi) is 12.4. The van der Waals surface area contributed by atoms with Crippen molar-refractivity contribution in [2.24, 2.45) is 0 Å². The van der Waals surface area contributed by atoms with Crippen LogP contribution in [-0.2, 0) is 33.3 Å². The number of methoxy groups -OCH3 is 1. The minimum Gasteiger partial charge on any atom is -0.444 e. The summed E-state index contributed by atoms with van der Waals surface area (Å²) < 4.78 is 24.9. The van der Waals surface area contributed by atoms with E-state index in [1.165, 1.54) is 21.0 Å². The Morgan fingerprint density at radius 3 is 2.14 bits per heavy atom. The molecule has 0 radical (unpaired) electrons. The van der Waals surface area contributed by atoms with Crippen LogP contribution in [0, 0.1) is 3.57 Å². The third-order valence-corrected chi connectivity index (χ3v) is 11.1. The van der Waals surface area contributed by atoms with Gasteiger partial charge in [-0.2, -0.15) is 0 Å². The Hall–Kier alpha value is -4.92. The summed E-state index contributed by atoms with van der Waals surface area (Å²) in [5.74, 6) is -1.21. The number of carbonyl (C=O) groups excluding carboxylic acids is 5. The minimum absolute atomic E-state index is 0.0505. The van der Waals surface area contributed by atoms with Gasteiger partial charge in [0, 0.05) is 0 Å². The molecule has 3 aromatic carbocycles. The standard InChI is InChI=1S/C36H40IN3O9/c1-22(39-35(45)48-36(3,4)5)31(41)40-29(32(42)38-23(2)33(43)46-6)20-24-16-18-26(19-17-24)47-30(25-12-8-7-9-13-25)21-37-28-15-11-10-14-27(28)34(44)49-37/h7-19,21-23,29H,20H2,1-6H3,(H,38,42)(H,39,45)(H,40,41)/b30-21-/t22-,23-,29-/m0/s1. The first-order chi connectivity index (χ1) is 23.2. The average molecular weight is 786 g/mol. The van der Waals surface area contributed by atoms with Gasteiger partial charge in [-0.3, -0.25) is 0 Å². The molecular weight excluding hydrogens is 745 g/mol. The molecule has 260 valence electrons. The Labute approximate surface area is 292 Å². The van der Waals surface area contributed by atoms with E-state index in [2.05, 4.69) is 16.0 Å². The summed E-state index contributed by atoms with van der Waals surface area (Å²) in [6.45, 7) is 8.02. The summed E-state index contributed by atoms with van der Waals surface area (Å²) >= 11 is -2.51. The number of benzene rings is 3. The van der Waals surface area contributed by atoms with Crippen LogP contribution in [0.2, 0.25) is 0 Å². The second-order valence-corrected chi connectivity index (χ2v) is 15.9. The van der Waals surface area contributed by atoms with Crippen LogP contribution in [0.15, 0.2) is 82.9 Å². The summed E-state index contributed by atoms with van der Waals surface area (Å²) in [6.07, 6.45) is -0.734. The summed E-state index contributed by atoms with van der Waals surface area (Å²) in [4.78, 5) is 63.0. The van der Waals surface area contributed by atoms with Gasteiger partial charge < -0.3 is 14.8 Å². The van der Waals surface area contributed by atoms with Gasteiger partial charge in [-0.05, 0) is 34.6 Å². The molecule has 12 nitrogen and oxygen atoms in total.